The summed E-state index contributed by atoms with van der Waals surface area (Å²) in [6, 6.07) is 14.2. The zero-order chi connectivity index (χ0) is 19.7. The Morgan fingerprint density at radius 1 is 1.07 bits per heavy atom. The van der Waals surface area contributed by atoms with Crippen LogP contribution in [0.25, 0.3) is 27.8 Å². The fourth-order valence-corrected chi connectivity index (χ4v) is 3.01. The zero-order valence-corrected chi connectivity index (χ0v) is 14.7. The molecule has 0 aliphatic carbocycles. The molecule has 0 aromatic heterocycles. The van der Waals surface area contributed by atoms with Gasteiger partial charge >= 0.3 is 5.97 Å². The number of H-pyrrole nitrogens is 1. The van der Waals surface area contributed by atoms with Crippen LogP contribution in [0.3, 0.4) is 0 Å². The number of fused-ring (bicyclic) bond motifs is 3. The van der Waals surface area contributed by atoms with E-state index < -0.39 is 5.97 Å². The van der Waals surface area contributed by atoms with Crippen molar-refractivity contribution in [1.29, 1.82) is 0 Å². The van der Waals surface area contributed by atoms with E-state index in [9.17, 15) is 14.4 Å². The molecule has 8 heteroatoms. The Balaban J connectivity index is 1.63. The van der Waals surface area contributed by atoms with Gasteiger partial charge in [0.2, 0.25) is 5.91 Å². The second kappa shape index (κ2) is 6.99. The van der Waals surface area contributed by atoms with Crippen molar-refractivity contribution in [3.05, 3.63) is 65.1 Å². The van der Waals surface area contributed by atoms with Crippen LogP contribution in [-0.4, -0.2) is 31.7 Å². The number of carboxylic acids is 1. The number of nitrogens with zero attached hydrogens (tertiary/aromatic N) is 2. The second-order valence-electron chi connectivity index (χ2n) is 6.30. The number of anilines is 1. The maximum atomic E-state index is 12.7. The minimum atomic E-state index is -1.02. The van der Waals surface area contributed by atoms with E-state index >= 15 is 0 Å². The average Bonchev–Trinajstić information content (AvgIpc) is 3.04. The summed E-state index contributed by atoms with van der Waals surface area (Å²) >= 11 is 0. The van der Waals surface area contributed by atoms with E-state index in [1.165, 1.54) is 4.68 Å². The van der Waals surface area contributed by atoms with E-state index in [1.54, 1.807) is 30.5 Å². The lowest BCUT2D eigenvalue weighted by Gasteiger charge is -2.05. The number of aromatic nitrogens is 3. The molecular weight excluding hydrogens is 360 g/mol. The maximum Gasteiger partial charge on any atom is 0.303 e. The molecule has 8 nitrogen and oxygen atoms in total. The third-order valence-corrected chi connectivity index (χ3v) is 4.39. The van der Waals surface area contributed by atoms with Gasteiger partial charge in [0.1, 0.15) is 5.69 Å². The number of carbonyl (C=O) groups is 2. The van der Waals surface area contributed by atoms with Crippen molar-refractivity contribution < 1.29 is 14.7 Å². The fourth-order valence-electron chi connectivity index (χ4n) is 3.01. The number of carboxylic acid groups (broad SMARTS) is 1. The first-order chi connectivity index (χ1) is 13.5. The van der Waals surface area contributed by atoms with Gasteiger partial charge in [0.05, 0.1) is 17.7 Å². The van der Waals surface area contributed by atoms with Crippen molar-refractivity contribution in [2.75, 3.05) is 5.32 Å². The van der Waals surface area contributed by atoms with E-state index in [-0.39, 0.29) is 24.3 Å². The highest BCUT2D eigenvalue weighted by Crippen LogP contribution is 2.25. The summed E-state index contributed by atoms with van der Waals surface area (Å²) in [7, 11) is 0. The lowest BCUT2D eigenvalue weighted by molar-refractivity contribution is -0.138. The number of carbonyl (C=O) groups excluding carboxylic acids is 1. The number of hydrogen-bond donors (Lipinski definition) is 3. The standard InChI is InChI=1S/C20H16N4O4/c25-17(9-10-18(26)27)22-12-5-7-13(8-6-12)24-20(28)15-11-21-16-4-2-1-3-14(16)19(15)23-24/h1-8,11,21H,9-10H2,(H,22,25)(H,26,27). The van der Waals surface area contributed by atoms with E-state index in [4.69, 9.17) is 5.11 Å². The van der Waals surface area contributed by atoms with Gasteiger partial charge in [-0.2, -0.15) is 9.78 Å². The molecule has 0 radical (unpaired) electrons. The number of aromatic amines is 1. The Morgan fingerprint density at radius 2 is 1.82 bits per heavy atom. The number of benzene rings is 2. The molecule has 0 atom stereocenters. The molecule has 0 saturated heterocycles. The molecule has 28 heavy (non-hydrogen) atoms. The Hall–Kier alpha value is -3.94. The van der Waals surface area contributed by atoms with Gasteiger partial charge in [0, 0.05) is 29.2 Å². The highest BCUT2D eigenvalue weighted by molar-refractivity contribution is 5.93. The molecule has 2 heterocycles. The van der Waals surface area contributed by atoms with E-state index in [0.29, 0.717) is 22.6 Å². The molecule has 2 aliphatic heterocycles. The Morgan fingerprint density at radius 3 is 2.57 bits per heavy atom. The summed E-state index contributed by atoms with van der Waals surface area (Å²) in [6.45, 7) is 0. The predicted molar refractivity (Wildman–Crippen MR) is 104 cm³/mol. The van der Waals surface area contributed by atoms with Crippen molar-refractivity contribution >= 4 is 28.5 Å². The van der Waals surface area contributed by atoms with E-state index in [1.807, 2.05) is 24.3 Å². The molecule has 0 saturated carbocycles. The molecule has 4 rings (SSSR count). The number of nitrogens with one attached hydrogen (secondary N) is 2. The molecular formula is C20H16N4O4. The lowest BCUT2D eigenvalue weighted by Crippen LogP contribution is -2.15. The molecule has 140 valence electrons. The molecule has 2 aromatic rings. The van der Waals surface area contributed by atoms with Crippen LogP contribution in [0, 0.1) is 0 Å². The van der Waals surface area contributed by atoms with Gasteiger partial charge < -0.3 is 15.4 Å². The highest BCUT2D eigenvalue weighted by Gasteiger charge is 2.18. The second-order valence-corrected chi connectivity index (χ2v) is 6.30. The molecule has 0 fully saturated rings. The Kier molecular flexibility index (Phi) is 4.36. The van der Waals surface area contributed by atoms with Crippen molar-refractivity contribution in [2.45, 2.75) is 12.8 Å². The van der Waals surface area contributed by atoms with Gasteiger partial charge in [-0.1, -0.05) is 18.2 Å². The summed E-state index contributed by atoms with van der Waals surface area (Å²) < 4.78 is 1.32. The zero-order valence-electron chi connectivity index (χ0n) is 14.7. The van der Waals surface area contributed by atoms with Crippen LogP contribution in [0.2, 0.25) is 0 Å². The van der Waals surface area contributed by atoms with Gasteiger partial charge in [-0.25, -0.2) is 0 Å². The maximum absolute atomic E-state index is 12.7. The first-order valence-electron chi connectivity index (χ1n) is 8.64. The summed E-state index contributed by atoms with van der Waals surface area (Å²) in [5, 5.41) is 16.6. The van der Waals surface area contributed by atoms with Crippen LogP contribution in [0.4, 0.5) is 5.69 Å². The molecule has 2 aliphatic rings. The lowest BCUT2D eigenvalue weighted by atomic mass is 10.1. The number of aliphatic carboxylic acids is 1. The third kappa shape index (κ3) is 3.23. The van der Waals surface area contributed by atoms with Crippen LogP contribution in [0.15, 0.2) is 59.5 Å². The molecule has 3 N–H and O–H groups in total. The Bertz CT molecular complexity index is 1210. The number of rotatable bonds is 5. The summed E-state index contributed by atoms with van der Waals surface area (Å²) in [4.78, 5) is 38.1. The van der Waals surface area contributed by atoms with Gasteiger partial charge in [0.15, 0.2) is 0 Å². The quantitative estimate of drug-likeness (QED) is 0.495. The third-order valence-electron chi connectivity index (χ3n) is 4.39. The van der Waals surface area contributed by atoms with Crippen LogP contribution in [-0.2, 0) is 9.59 Å². The van der Waals surface area contributed by atoms with Crippen molar-refractivity contribution in [2.24, 2.45) is 0 Å². The minimum absolute atomic E-state index is 0.101. The number of amides is 1. The van der Waals surface area contributed by atoms with E-state index in [0.717, 1.165) is 10.9 Å². The Labute approximate surface area is 158 Å². The first kappa shape index (κ1) is 17.5. The fraction of sp³-hybridized carbons (Fsp3) is 0.100. The van der Waals surface area contributed by atoms with Gasteiger partial charge in [-0.3, -0.25) is 14.4 Å². The molecule has 0 unspecified atom stereocenters. The van der Waals surface area contributed by atoms with Gasteiger partial charge in [-0.05, 0) is 30.3 Å². The van der Waals surface area contributed by atoms with Crippen molar-refractivity contribution in [3.63, 3.8) is 0 Å². The highest BCUT2D eigenvalue weighted by atomic mass is 16.4. The predicted octanol–water partition coefficient (Wildman–Crippen LogP) is 2.62. The largest absolute Gasteiger partial charge is 0.481 e. The number of pyridine rings is 1. The summed E-state index contributed by atoms with van der Waals surface area (Å²) in [6.07, 6.45) is 1.32. The summed E-state index contributed by atoms with van der Waals surface area (Å²) in [5.74, 6) is -1.41. The topological polar surface area (TPSA) is 117 Å². The SMILES string of the molecule is O=C(O)CCC(=O)Nc1ccc(-n2nc3c4ccccc4[nH]cc-3c2=O)cc1. The van der Waals surface area contributed by atoms with Crippen LogP contribution in [0.5, 0.6) is 0 Å². The monoisotopic (exact) mass is 376 g/mol. The first-order valence-corrected chi connectivity index (χ1v) is 8.64. The normalized spacial score (nSPS) is 11.0. The van der Waals surface area contributed by atoms with Crippen molar-refractivity contribution in [1.82, 2.24) is 14.8 Å². The van der Waals surface area contributed by atoms with Gasteiger partial charge in [-0.15, -0.1) is 0 Å². The van der Waals surface area contributed by atoms with Gasteiger partial charge in [0.25, 0.3) is 5.56 Å². The smallest absolute Gasteiger partial charge is 0.303 e. The molecule has 1 amide bonds. The minimum Gasteiger partial charge on any atom is -0.481 e. The summed E-state index contributed by atoms with van der Waals surface area (Å²) in [5.41, 5.74) is 2.83. The molecule has 2 aromatic carbocycles. The number of para-hydroxylation sites is 1. The van der Waals surface area contributed by atoms with Crippen LogP contribution < -0.4 is 10.9 Å². The molecule has 0 bridgehead atoms. The van der Waals surface area contributed by atoms with Crippen LogP contribution >= 0.6 is 0 Å². The van der Waals surface area contributed by atoms with Crippen molar-refractivity contribution in [3.8, 4) is 16.9 Å². The average molecular weight is 376 g/mol. The number of hydrogen-bond acceptors (Lipinski definition) is 4. The van der Waals surface area contributed by atoms with E-state index in [2.05, 4.69) is 15.4 Å². The molecule has 0 spiro atoms. The van der Waals surface area contributed by atoms with Crippen LogP contribution in [0.1, 0.15) is 12.8 Å².